The summed E-state index contributed by atoms with van der Waals surface area (Å²) < 4.78 is 18.5. The molecule has 0 aliphatic carbocycles. The van der Waals surface area contributed by atoms with Crippen LogP contribution in [-0.2, 0) is 4.79 Å². The standard InChI is InChI=1S/C16H24ClFN2O2/c1-10(2)14(19)7-8-20(4)16(21)11(3)22-15-6-5-12(18)9-13(15)17/h5-6,9-11,14H,7-8,19H2,1-4H3. The van der Waals surface area contributed by atoms with Gasteiger partial charge in [-0.05, 0) is 37.5 Å². The molecule has 0 aliphatic heterocycles. The fourth-order valence-corrected chi connectivity index (χ4v) is 2.12. The maximum atomic E-state index is 13.0. The van der Waals surface area contributed by atoms with E-state index in [1.54, 1.807) is 18.9 Å². The number of likely N-dealkylation sites (N-methyl/N-ethyl adjacent to an activating group) is 1. The second kappa shape index (κ2) is 8.34. The van der Waals surface area contributed by atoms with E-state index in [1.165, 1.54) is 12.1 Å². The summed E-state index contributed by atoms with van der Waals surface area (Å²) in [5, 5.41) is 0.143. The Balaban J connectivity index is 2.57. The first-order chi connectivity index (χ1) is 10.2. The number of nitrogens with zero attached hydrogens (tertiary/aromatic N) is 1. The number of halogens is 2. The zero-order chi connectivity index (χ0) is 16.9. The zero-order valence-corrected chi connectivity index (χ0v) is 14.2. The minimum absolute atomic E-state index is 0.0537. The van der Waals surface area contributed by atoms with E-state index in [4.69, 9.17) is 22.1 Å². The summed E-state index contributed by atoms with van der Waals surface area (Å²) in [5.74, 6) is 0.0406. The van der Waals surface area contributed by atoms with Gasteiger partial charge in [-0.1, -0.05) is 25.4 Å². The second-order valence-electron chi connectivity index (χ2n) is 5.79. The minimum Gasteiger partial charge on any atom is -0.479 e. The van der Waals surface area contributed by atoms with Crippen LogP contribution >= 0.6 is 11.6 Å². The molecule has 0 bridgehead atoms. The van der Waals surface area contributed by atoms with Crippen LogP contribution < -0.4 is 10.5 Å². The molecule has 2 unspecified atom stereocenters. The molecule has 124 valence electrons. The smallest absolute Gasteiger partial charge is 0.263 e. The summed E-state index contributed by atoms with van der Waals surface area (Å²) >= 11 is 5.89. The van der Waals surface area contributed by atoms with Crippen LogP contribution in [0.4, 0.5) is 4.39 Å². The van der Waals surface area contributed by atoms with Gasteiger partial charge in [0.15, 0.2) is 6.10 Å². The van der Waals surface area contributed by atoms with Gasteiger partial charge in [-0.3, -0.25) is 4.79 Å². The highest BCUT2D eigenvalue weighted by Crippen LogP contribution is 2.26. The van der Waals surface area contributed by atoms with E-state index in [2.05, 4.69) is 13.8 Å². The largest absolute Gasteiger partial charge is 0.479 e. The summed E-state index contributed by atoms with van der Waals surface area (Å²) in [5.41, 5.74) is 5.98. The van der Waals surface area contributed by atoms with Crippen molar-refractivity contribution in [2.75, 3.05) is 13.6 Å². The molecular formula is C16H24ClFN2O2. The number of hydrogen-bond acceptors (Lipinski definition) is 3. The molecule has 0 heterocycles. The number of ether oxygens (including phenoxy) is 1. The Morgan fingerprint density at radius 3 is 2.59 bits per heavy atom. The Morgan fingerprint density at radius 2 is 2.05 bits per heavy atom. The highest BCUT2D eigenvalue weighted by atomic mass is 35.5. The van der Waals surface area contributed by atoms with Crippen molar-refractivity contribution in [1.29, 1.82) is 0 Å². The normalized spacial score (nSPS) is 13.8. The summed E-state index contributed by atoms with van der Waals surface area (Å²) in [6.07, 6.45) is 0.0208. The third-order valence-electron chi connectivity index (χ3n) is 3.58. The van der Waals surface area contributed by atoms with Crippen LogP contribution in [0.2, 0.25) is 5.02 Å². The van der Waals surface area contributed by atoms with E-state index in [-0.39, 0.29) is 22.7 Å². The first-order valence-electron chi connectivity index (χ1n) is 7.34. The fourth-order valence-electron chi connectivity index (χ4n) is 1.91. The summed E-state index contributed by atoms with van der Waals surface area (Å²) in [4.78, 5) is 13.8. The van der Waals surface area contributed by atoms with E-state index >= 15 is 0 Å². The van der Waals surface area contributed by atoms with Crippen molar-refractivity contribution in [1.82, 2.24) is 4.90 Å². The zero-order valence-electron chi connectivity index (χ0n) is 13.5. The maximum Gasteiger partial charge on any atom is 0.263 e. The molecule has 1 aromatic carbocycles. The van der Waals surface area contributed by atoms with E-state index in [0.29, 0.717) is 12.5 Å². The van der Waals surface area contributed by atoms with Crippen LogP contribution in [0.25, 0.3) is 0 Å². The van der Waals surface area contributed by atoms with Gasteiger partial charge in [-0.2, -0.15) is 0 Å². The number of rotatable bonds is 7. The molecule has 6 heteroatoms. The number of hydrogen-bond donors (Lipinski definition) is 1. The molecule has 22 heavy (non-hydrogen) atoms. The van der Waals surface area contributed by atoms with Gasteiger partial charge in [0.2, 0.25) is 0 Å². The molecule has 0 saturated carbocycles. The van der Waals surface area contributed by atoms with Crippen LogP contribution in [0.5, 0.6) is 5.75 Å². The molecule has 0 radical (unpaired) electrons. The van der Waals surface area contributed by atoms with Crippen molar-refractivity contribution >= 4 is 17.5 Å². The molecule has 2 atom stereocenters. The summed E-state index contributed by atoms with van der Waals surface area (Å²) in [6, 6.07) is 3.86. The van der Waals surface area contributed by atoms with Crippen molar-refractivity contribution in [2.45, 2.75) is 39.3 Å². The number of carbonyl (C=O) groups is 1. The average Bonchev–Trinajstić information content (AvgIpc) is 2.46. The van der Waals surface area contributed by atoms with Crippen LogP contribution in [-0.4, -0.2) is 36.5 Å². The summed E-state index contributed by atoms with van der Waals surface area (Å²) in [7, 11) is 1.71. The van der Waals surface area contributed by atoms with Gasteiger partial charge in [0, 0.05) is 19.6 Å². The second-order valence-corrected chi connectivity index (χ2v) is 6.20. The van der Waals surface area contributed by atoms with Crippen molar-refractivity contribution in [3.05, 3.63) is 29.0 Å². The molecule has 1 amide bonds. The van der Waals surface area contributed by atoms with E-state index in [1.807, 2.05) is 0 Å². The van der Waals surface area contributed by atoms with Crippen LogP contribution in [0, 0.1) is 11.7 Å². The van der Waals surface area contributed by atoms with Gasteiger partial charge in [0.05, 0.1) is 5.02 Å². The summed E-state index contributed by atoms with van der Waals surface area (Å²) in [6.45, 7) is 6.30. The molecule has 0 fully saturated rings. The average molecular weight is 331 g/mol. The van der Waals surface area contributed by atoms with Gasteiger partial charge in [0.1, 0.15) is 11.6 Å². The molecular weight excluding hydrogens is 307 g/mol. The molecule has 1 rings (SSSR count). The van der Waals surface area contributed by atoms with Gasteiger partial charge in [-0.15, -0.1) is 0 Å². The van der Waals surface area contributed by atoms with Crippen LogP contribution in [0.3, 0.4) is 0 Å². The molecule has 0 saturated heterocycles. The minimum atomic E-state index is -0.705. The Kier molecular flexibility index (Phi) is 7.10. The number of nitrogens with two attached hydrogens (primary N) is 1. The van der Waals surface area contributed by atoms with Gasteiger partial charge in [-0.25, -0.2) is 4.39 Å². The van der Waals surface area contributed by atoms with Crippen molar-refractivity contribution in [3.63, 3.8) is 0 Å². The number of amides is 1. The molecule has 4 nitrogen and oxygen atoms in total. The first kappa shape index (κ1) is 18.7. The van der Waals surface area contributed by atoms with E-state index < -0.39 is 11.9 Å². The van der Waals surface area contributed by atoms with Gasteiger partial charge in [0.25, 0.3) is 5.91 Å². The predicted octanol–water partition coefficient (Wildman–Crippen LogP) is 3.08. The molecule has 2 N–H and O–H groups in total. The Hall–Kier alpha value is -1.33. The van der Waals surface area contributed by atoms with E-state index in [0.717, 1.165) is 12.5 Å². The molecule has 0 aromatic heterocycles. The quantitative estimate of drug-likeness (QED) is 0.836. The number of benzene rings is 1. The molecule has 0 aliphatic rings. The Labute approximate surface area is 136 Å². The van der Waals surface area contributed by atoms with Crippen molar-refractivity contribution < 1.29 is 13.9 Å². The predicted molar refractivity (Wildman–Crippen MR) is 86.6 cm³/mol. The molecule has 0 spiro atoms. The SMILES string of the molecule is CC(Oc1ccc(F)cc1Cl)C(=O)N(C)CCC(N)C(C)C. The number of carbonyl (C=O) groups excluding carboxylic acids is 1. The lowest BCUT2D eigenvalue weighted by Gasteiger charge is -2.24. The van der Waals surface area contributed by atoms with Crippen LogP contribution in [0.1, 0.15) is 27.2 Å². The van der Waals surface area contributed by atoms with Crippen molar-refractivity contribution in [3.8, 4) is 5.75 Å². The van der Waals surface area contributed by atoms with Crippen LogP contribution in [0.15, 0.2) is 18.2 Å². The van der Waals surface area contributed by atoms with E-state index in [9.17, 15) is 9.18 Å². The fraction of sp³-hybridized carbons (Fsp3) is 0.562. The topological polar surface area (TPSA) is 55.6 Å². The lowest BCUT2D eigenvalue weighted by molar-refractivity contribution is -0.136. The first-order valence-corrected chi connectivity index (χ1v) is 7.72. The highest BCUT2D eigenvalue weighted by molar-refractivity contribution is 6.32. The lowest BCUT2D eigenvalue weighted by Crippen LogP contribution is -2.40. The third-order valence-corrected chi connectivity index (χ3v) is 3.87. The Bertz CT molecular complexity index is 511. The molecule has 1 aromatic rings. The third kappa shape index (κ3) is 5.46. The van der Waals surface area contributed by atoms with Gasteiger partial charge >= 0.3 is 0 Å². The Morgan fingerprint density at radius 1 is 1.41 bits per heavy atom. The highest BCUT2D eigenvalue weighted by Gasteiger charge is 2.21. The van der Waals surface area contributed by atoms with Crippen molar-refractivity contribution in [2.24, 2.45) is 11.7 Å². The lowest BCUT2D eigenvalue weighted by atomic mass is 10.0. The van der Waals surface area contributed by atoms with Gasteiger partial charge < -0.3 is 15.4 Å². The maximum absolute atomic E-state index is 13.0. The monoisotopic (exact) mass is 330 g/mol.